The first-order valence-electron chi connectivity index (χ1n) is 3.68. The lowest BCUT2D eigenvalue weighted by atomic mass is 10.2. The Hall–Kier alpha value is -1.78. The number of nitrogen functional groups attached to an aromatic ring is 1. The quantitative estimate of drug-likeness (QED) is 0.642. The summed E-state index contributed by atoms with van der Waals surface area (Å²) >= 11 is 0. The third kappa shape index (κ3) is 1.69. The van der Waals surface area contributed by atoms with E-state index in [4.69, 9.17) is 5.73 Å². The van der Waals surface area contributed by atoms with Gasteiger partial charge in [0, 0.05) is 20.3 Å². The summed E-state index contributed by atoms with van der Waals surface area (Å²) in [6.45, 7) is 0. The molecular weight excluding hydrogens is 170 g/mol. The zero-order valence-corrected chi connectivity index (χ0v) is 7.48. The van der Waals surface area contributed by atoms with E-state index in [0.29, 0.717) is 0 Å². The Bertz CT molecular complexity index is 336. The number of nitrogens with zero attached hydrogens (tertiary/aromatic N) is 2. The van der Waals surface area contributed by atoms with Gasteiger partial charge in [-0.25, -0.2) is 0 Å². The molecule has 0 spiro atoms. The topological polar surface area (TPSA) is 79.5 Å². The van der Waals surface area contributed by atoms with Crippen LogP contribution in [0.15, 0.2) is 12.4 Å². The van der Waals surface area contributed by atoms with Crippen LogP contribution in [0.1, 0.15) is 10.4 Å². The molecule has 0 aromatic carbocycles. The molecule has 1 rings (SSSR count). The predicted molar refractivity (Wildman–Crippen MR) is 48.3 cm³/mol. The molecule has 0 aliphatic rings. The van der Waals surface area contributed by atoms with Gasteiger partial charge in [0.2, 0.25) is 0 Å². The van der Waals surface area contributed by atoms with Crippen LogP contribution in [-0.2, 0) is 0 Å². The molecule has 5 nitrogen and oxygen atoms in total. The van der Waals surface area contributed by atoms with Crippen LogP contribution in [0.5, 0.6) is 5.75 Å². The van der Waals surface area contributed by atoms with E-state index in [9.17, 15) is 9.90 Å². The number of carbonyl (C=O) groups is 1. The lowest BCUT2D eigenvalue weighted by molar-refractivity contribution is 0.0824. The molecule has 0 aliphatic carbocycles. The van der Waals surface area contributed by atoms with E-state index < -0.39 is 0 Å². The maximum absolute atomic E-state index is 11.4. The van der Waals surface area contributed by atoms with Crippen molar-refractivity contribution in [3.05, 3.63) is 18.0 Å². The number of hydrogen-bond donors (Lipinski definition) is 2. The number of aromatic hydroxyl groups is 1. The van der Waals surface area contributed by atoms with Crippen LogP contribution in [0.2, 0.25) is 0 Å². The van der Waals surface area contributed by atoms with E-state index in [0.717, 1.165) is 0 Å². The van der Waals surface area contributed by atoms with Crippen LogP contribution < -0.4 is 5.73 Å². The second-order valence-corrected chi connectivity index (χ2v) is 2.82. The summed E-state index contributed by atoms with van der Waals surface area (Å²) in [5.41, 5.74) is 5.60. The van der Waals surface area contributed by atoms with Crippen molar-refractivity contribution in [1.82, 2.24) is 9.88 Å². The minimum atomic E-state index is -0.322. The van der Waals surface area contributed by atoms with E-state index in [1.54, 1.807) is 14.1 Å². The number of rotatable bonds is 1. The van der Waals surface area contributed by atoms with Crippen LogP contribution in [0.25, 0.3) is 0 Å². The monoisotopic (exact) mass is 181 g/mol. The van der Waals surface area contributed by atoms with Gasteiger partial charge in [-0.1, -0.05) is 0 Å². The summed E-state index contributed by atoms with van der Waals surface area (Å²) in [4.78, 5) is 16.4. The lowest BCUT2D eigenvalue weighted by Crippen LogP contribution is -2.22. The van der Waals surface area contributed by atoms with Crippen molar-refractivity contribution in [2.45, 2.75) is 0 Å². The number of hydrogen-bond acceptors (Lipinski definition) is 4. The van der Waals surface area contributed by atoms with Crippen molar-refractivity contribution in [1.29, 1.82) is 0 Å². The number of amides is 1. The van der Waals surface area contributed by atoms with Crippen LogP contribution >= 0.6 is 0 Å². The smallest absolute Gasteiger partial charge is 0.258 e. The molecule has 13 heavy (non-hydrogen) atoms. The van der Waals surface area contributed by atoms with Gasteiger partial charge >= 0.3 is 0 Å². The lowest BCUT2D eigenvalue weighted by Gasteiger charge is -2.11. The molecule has 0 atom stereocenters. The molecule has 1 aromatic rings. The Balaban J connectivity index is 3.15. The minimum absolute atomic E-state index is 0.104. The minimum Gasteiger partial charge on any atom is -0.505 e. The molecule has 0 unspecified atom stereocenters. The van der Waals surface area contributed by atoms with Crippen molar-refractivity contribution in [3.63, 3.8) is 0 Å². The Morgan fingerprint density at radius 1 is 1.54 bits per heavy atom. The average Bonchev–Trinajstić information content (AvgIpc) is 2.08. The molecule has 0 radical (unpaired) electrons. The summed E-state index contributed by atoms with van der Waals surface area (Å²) < 4.78 is 0. The fourth-order valence-electron chi connectivity index (χ4n) is 0.867. The van der Waals surface area contributed by atoms with E-state index in [2.05, 4.69) is 4.98 Å². The summed E-state index contributed by atoms with van der Waals surface area (Å²) in [6, 6.07) is 0. The van der Waals surface area contributed by atoms with E-state index >= 15 is 0 Å². The van der Waals surface area contributed by atoms with Gasteiger partial charge in [0.05, 0.1) is 11.9 Å². The number of carbonyl (C=O) groups excluding carboxylic acids is 1. The van der Waals surface area contributed by atoms with Crippen molar-refractivity contribution in [2.24, 2.45) is 0 Å². The second kappa shape index (κ2) is 3.30. The molecule has 3 N–H and O–H groups in total. The highest BCUT2D eigenvalue weighted by Gasteiger charge is 2.14. The Kier molecular flexibility index (Phi) is 2.36. The van der Waals surface area contributed by atoms with Crippen LogP contribution in [-0.4, -0.2) is 35.0 Å². The predicted octanol–water partition coefficient (Wildman–Crippen LogP) is 0.0712. The van der Waals surface area contributed by atoms with Gasteiger partial charge in [0.1, 0.15) is 5.56 Å². The van der Waals surface area contributed by atoms with Gasteiger partial charge in [0.25, 0.3) is 5.91 Å². The van der Waals surface area contributed by atoms with Crippen LogP contribution in [0, 0.1) is 0 Å². The molecule has 0 saturated heterocycles. The first kappa shape index (κ1) is 9.31. The maximum atomic E-state index is 11.4. The van der Waals surface area contributed by atoms with E-state index in [-0.39, 0.29) is 22.9 Å². The third-order valence-corrected chi connectivity index (χ3v) is 1.58. The number of aromatic nitrogens is 1. The Morgan fingerprint density at radius 2 is 2.15 bits per heavy atom. The fourth-order valence-corrected chi connectivity index (χ4v) is 0.867. The van der Waals surface area contributed by atoms with Crippen molar-refractivity contribution < 1.29 is 9.90 Å². The molecule has 0 aliphatic heterocycles. The van der Waals surface area contributed by atoms with E-state index in [1.165, 1.54) is 17.3 Å². The van der Waals surface area contributed by atoms with Gasteiger partial charge in [-0.2, -0.15) is 0 Å². The highest BCUT2D eigenvalue weighted by atomic mass is 16.3. The van der Waals surface area contributed by atoms with Gasteiger partial charge < -0.3 is 15.7 Å². The highest BCUT2D eigenvalue weighted by Crippen LogP contribution is 2.23. The van der Waals surface area contributed by atoms with Gasteiger partial charge in [0.15, 0.2) is 5.75 Å². The highest BCUT2D eigenvalue weighted by molar-refractivity contribution is 5.97. The molecule has 0 fully saturated rings. The number of pyridine rings is 1. The molecule has 1 amide bonds. The van der Waals surface area contributed by atoms with Gasteiger partial charge in [-0.05, 0) is 0 Å². The largest absolute Gasteiger partial charge is 0.505 e. The van der Waals surface area contributed by atoms with E-state index in [1.807, 2.05) is 0 Å². The normalized spacial score (nSPS) is 9.69. The molecule has 1 heterocycles. The third-order valence-electron chi connectivity index (χ3n) is 1.58. The molecule has 0 bridgehead atoms. The summed E-state index contributed by atoms with van der Waals surface area (Å²) in [5, 5.41) is 9.40. The van der Waals surface area contributed by atoms with Crippen LogP contribution in [0.3, 0.4) is 0 Å². The zero-order valence-electron chi connectivity index (χ0n) is 7.48. The molecule has 70 valence electrons. The number of nitrogens with two attached hydrogens (primary N) is 1. The SMILES string of the molecule is CN(C)C(=O)c1cncc(N)c1O. The summed E-state index contributed by atoms with van der Waals surface area (Å²) in [6.07, 6.45) is 2.58. The van der Waals surface area contributed by atoms with Crippen molar-refractivity contribution in [2.75, 3.05) is 19.8 Å². The first-order chi connectivity index (χ1) is 6.04. The molecular formula is C8H11N3O2. The fraction of sp³-hybridized carbons (Fsp3) is 0.250. The van der Waals surface area contributed by atoms with Crippen molar-refractivity contribution in [3.8, 4) is 5.75 Å². The first-order valence-corrected chi connectivity index (χ1v) is 3.68. The Labute approximate surface area is 75.8 Å². The maximum Gasteiger partial charge on any atom is 0.258 e. The van der Waals surface area contributed by atoms with Gasteiger partial charge in [-0.3, -0.25) is 9.78 Å². The molecule has 1 aromatic heterocycles. The summed E-state index contributed by atoms with van der Waals surface area (Å²) in [7, 11) is 3.18. The molecule has 0 saturated carbocycles. The summed E-state index contributed by atoms with van der Waals surface area (Å²) in [5.74, 6) is -0.536. The zero-order chi connectivity index (χ0) is 10.0. The molecule has 5 heteroatoms. The van der Waals surface area contributed by atoms with Gasteiger partial charge in [-0.15, -0.1) is 0 Å². The van der Waals surface area contributed by atoms with Crippen molar-refractivity contribution >= 4 is 11.6 Å². The number of anilines is 1. The Morgan fingerprint density at radius 3 is 2.69 bits per heavy atom. The average molecular weight is 181 g/mol. The standard InChI is InChI=1S/C8H11N3O2/c1-11(2)8(13)5-3-10-4-6(9)7(5)12/h3-4H,9H2,1-2H3,(H,10,12). The van der Waals surface area contributed by atoms with Crippen LogP contribution in [0.4, 0.5) is 5.69 Å². The second-order valence-electron chi connectivity index (χ2n) is 2.82.